The number of anilines is 2. The Morgan fingerprint density at radius 3 is 2.30 bits per heavy atom. The highest BCUT2D eigenvalue weighted by molar-refractivity contribution is 5.98. The summed E-state index contributed by atoms with van der Waals surface area (Å²) in [5.41, 5.74) is 3.64. The van der Waals surface area contributed by atoms with Crippen LogP contribution in [0.25, 0.3) is 0 Å². The Balaban J connectivity index is 1.32. The normalized spacial score (nSPS) is 19.0. The van der Waals surface area contributed by atoms with E-state index in [1.165, 1.54) is 17.8 Å². The van der Waals surface area contributed by atoms with Gasteiger partial charge in [-0.3, -0.25) is 4.79 Å². The third-order valence-electron chi connectivity index (χ3n) is 6.05. The minimum absolute atomic E-state index is 0.0308. The molecule has 0 radical (unpaired) electrons. The van der Waals surface area contributed by atoms with E-state index in [2.05, 4.69) is 39.0 Å². The van der Waals surface area contributed by atoms with Crippen LogP contribution in [0, 0.1) is 5.82 Å². The fraction of sp³-hybridized carbons (Fsp3) is 0.292. The quantitative estimate of drug-likeness (QED) is 0.666. The highest BCUT2D eigenvalue weighted by atomic mass is 19.1. The van der Waals surface area contributed by atoms with E-state index < -0.39 is 0 Å². The lowest BCUT2D eigenvalue weighted by atomic mass is 9.82. The number of para-hydroxylation sites is 1. The first-order chi connectivity index (χ1) is 14.7. The number of hydrogen-bond donors (Lipinski definition) is 0. The highest BCUT2D eigenvalue weighted by Gasteiger charge is 2.29. The summed E-state index contributed by atoms with van der Waals surface area (Å²) in [6, 6.07) is 16.8. The molecular weight excluding hydrogens is 379 g/mol. The van der Waals surface area contributed by atoms with Crippen molar-refractivity contribution in [2.45, 2.75) is 18.8 Å². The Labute approximate surface area is 175 Å². The lowest BCUT2D eigenvalue weighted by Crippen LogP contribution is -2.47. The van der Waals surface area contributed by atoms with E-state index >= 15 is 0 Å². The van der Waals surface area contributed by atoms with E-state index in [9.17, 15) is 9.18 Å². The van der Waals surface area contributed by atoms with Gasteiger partial charge in [0.1, 0.15) is 5.82 Å². The molecule has 1 atom stereocenters. The van der Waals surface area contributed by atoms with E-state index in [1.54, 1.807) is 18.3 Å². The van der Waals surface area contributed by atoms with Gasteiger partial charge in [-0.05, 0) is 42.2 Å². The predicted octanol–water partition coefficient (Wildman–Crippen LogP) is 3.86. The van der Waals surface area contributed by atoms with Gasteiger partial charge in [0.05, 0.1) is 11.3 Å². The van der Waals surface area contributed by atoms with Crippen molar-refractivity contribution >= 4 is 17.4 Å². The van der Waals surface area contributed by atoms with E-state index in [0.717, 1.165) is 37.4 Å². The number of Topliss-reactive ketones (excluding diaryl/α,β-unsaturated/α-hetero) is 1. The topological polar surface area (TPSA) is 49.3 Å². The lowest BCUT2D eigenvalue weighted by Gasteiger charge is -2.36. The van der Waals surface area contributed by atoms with Crippen molar-refractivity contribution < 1.29 is 9.18 Å². The molecule has 1 aliphatic heterocycles. The van der Waals surface area contributed by atoms with Crippen LogP contribution in [0.2, 0.25) is 0 Å². The second-order valence-electron chi connectivity index (χ2n) is 7.92. The zero-order valence-corrected chi connectivity index (χ0v) is 16.7. The minimum atomic E-state index is -0.263. The maximum Gasteiger partial charge on any atom is 0.225 e. The third-order valence-corrected chi connectivity index (χ3v) is 6.05. The zero-order valence-electron chi connectivity index (χ0n) is 16.7. The van der Waals surface area contributed by atoms with Crippen molar-refractivity contribution in [1.82, 2.24) is 9.97 Å². The van der Waals surface area contributed by atoms with Crippen LogP contribution in [0.1, 0.15) is 34.0 Å². The molecule has 2 aromatic carbocycles. The van der Waals surface area contributed by atoms with E-state index in [4.69, 9.17) is 4.98 Å². The number of rotatable bonds is 3. The summed E-state index contributed by atoms with van der Waals surface area (Å²) < 4.78 is 13.3. The van der Waals surface area contributed by atoms with Gasteiger partial charge in [0, 0.05) is 44.5 Å². The van der Waals surface area contributed by atoms with Gasteiger partial charge in [-0.1, -0.05) is 30.3 Å². The first kappa shape index (κ1) is 18.7. The molecule has 0 bridgehead atoms. The van der Waals surface area contributed by atoms with Crippen LogP contribution in [0.4, 0.5) is 16.0 Å². The molecule has 1 fully saturated rings. The average molecular weight is 402 g/mol. The lowest BCUT2D eigenvalue weighted by molar-refractivity contribution is 0.0962. The number of aromatic nitrogens is 2. The highest BCUT2D eigenvalue weighted by Crippen LogP contribution is 2.32. The fourth-order valence-electron chi connectivity index (χ4n) is 4.36. The zero-order chi connectivity index (χ0) is 20.5. The van der Waals surface area contributed by atoms with Crippen LogP contribution < -0.4 is 9.80 Å². The summed E-state index contributed by atoms with van der Waals surface area (Å²) in [5.74, 6) is 0.517. The van der Waals surface area contributed by atoms with Gasteiger partial charge < -0.3 is 9.80 Å². The van der Waals surface area contributed by atoms with Gasteiger partial charge in [-0.15, -0.1) is 0 Å². The van der Waals surface area contributed by atoms with Crippen molar-refractivity contribution in [3.63, 3.8) is 0 Å². The number of ketones is 1. The number of nitrogens with zero attached hydrogens (tertiary/aromatic N) is 4. The molecule has 2 heterocycles. The van der Waals surface area contributed by atoms with Gasteiger partial charge in [0.2, 0.25) is 5.95 Å². The summed E-state index contributed by atoms with van der Waals surface area (Å²) in [5, 5.41) is 0. The summed E-state index contributed by atoms with van der Waals surface area (Å²) in [6.07, 6.45) is 2.77. The fourth-order valence-corrected chi connectivity index (χ4v) is 4.36. The van der Waals surface area contributed by atoms with Gasteiger partial charge in [0.15, 0.2) is 5.78 Å². The number of benzene rings is 2. The Kier molecular flexibility index (Phi) is 4.91. The van der Waals surface area contributed by atoms with Crippen LogP contribution in [-0.4, -0.2) is 41.9 Å². The molecular formula is C24H23FN4O. The smallest absolute Gasteiger partial charge is 0.225 e. The van der Waals surface area contributed by atoms with Crippen molar-refractivity contribution in [3.05, 3.63) is 83.4 Å². The first-order valence-corrected chi connectivity index (χ1v) is 10.4. The van der Waals surface area contributed by atoms with Crippen LogP contribution in [0.5, 0.6) is 0 Å². The van der Waals surface area contributed by atoms with Crippen LogP contribution in [0.3, 0.4) is 0 Å². The van der Waals surface area contributed by atoms with Gasteiger partial charge in [-0.2, -0.15) is 0 Å². The molecule has 5 rings (SSSR count). The molecule has 1 aromatic heterocycles. The molecule has 6 heteroatoms. The number of carbonyl (C=O) groups is 1. The van der Waals surface area contributed by atoms with Crippen LogP contribution >= 0.6 is 0 Å². The summed E-state index contributed by atoms with van der Waals surface area (Å²) in [4.78, 5) is 26.5. The van der Waals surface area contributed by atoms with E-state index in [1.807, 2.05) is 6.07 Å². The molecule has 0 spiro atoms. The molecule has 0 saturated carbocycles. The standard InChI is InChI=1S/C24H23FN4O/c25-19-8-6-17(7-9-19)18-14-22-21(23(30)15-18)16-26-24(27-22)29-12-10-28(11-13-29)20-4-2-1-3-5-20/h1-9,16,18H,10-15H2/t18-/m0/s1. The van der Waals surface area contributed by atoms with E-state index in [-0.39, 0.29) is 17.5 Å². The molecule has 0 amide bonds. The molecule has 1 aliphatic carbocycles. The number of fused-ring (bicyclic) bond motifs is 1. The first-order valence-electron chi connectivity index (χ1n) is 10.4. The van der Waals surface area contributed by atoms with Crippen molar-refractivity contribution in [1.29, 1.82) is 0 Å². The molecule has 5 nitrogen and oxygen atoms in total. The van der Waals surface area contributed by atoms with Crippen LogP contribution in [0.15, 0.2) is 60.8 Å². The maximum absolute atomic E-state index is 13.3. The Morgan fingerprint density at radius 2 is 1.57 bits per heavy atom. The Bertz CT molecular complexity index is 1050. The van der Waals surface area contributed by atoms with Crippen molar-refractivity contribution in [2.24, 2.45) is 0 Å². The minimum Gasteiger partial charge on any atom is -0.368 e. The molecule has 2 aliphatic rings. The van der Waals surface area contributed by atoms with Gasteiger partial charge in [-0.25, -0.2) is 14.4 Å². The van der Waals surface area contributed by atoms with E-state index in [0.29, 0.717) is 24.4 Å². The number of halogens is 1. The van der Waals surface area contributed by atoms with Crippen molar-refractivity contribution in [2.75, 3.05) is 36.0 Å². The SMILES string of the molecule is O=C1C[C@@H](c2ccc(F)cc2)Cc2nc(N3CCN(c4ccccc4)CC3)ncc21. The molecule has 152 valence electrons. The van der Waals surface area contributed by atoms with Gasteiger partial charge in [0.25, 0.3) is 0 Å². The van der Waals surface area contributed by atoms with Crippen LogP contribution in [-0.2, 0) is 6.42 Å². The molecule has 1 saturated heterocycles. The predicted molar refractivity (Wildman–Crippen MR) is 115 cm³/mol. The monoisotopic (exact) mass is 402 g/mol. The Hall–Kier alpha value is -3.28. The number of carbonyl (C=O) groups excluding carboxylic acids is 1. The molecule has 30 heavy (non-hydrogen) atoms. The summed E-state index contributed by atoms with van der Waals surface area (Å²) >= 11 is 0. The Morgan fingerprint density at radius 1 is 0.867 bits per heavy atom. The third kappa shape index (κ3) is 3.65. The summed E-state index contributed by atoms with van der Waals surface area (Å²) in [6.45, 7) is 3.48. The second kappa shape index (κ2) is 7.86. The van der Waals surface area contributed by atoms with Gasteiger partial charge >= 0.3 is 0 Å². The van der Waals surface area contributed by atoms with Crippen molar-refractivity contribution in [3.8, 4) is 0 Å². The number of piperazine rings is 1. The molecule has 0 unspecified atom stereocenters. The molecule has 0 N–H and O–H groups in total. The number of hydrogen-bond acceptors (Lipinski definition) is 5. The maximum atomic E-state index is 13.3. The second-order valence-corrected chi connectivity index (χ2v) is 7.92. The summed E-state index contributed by atoms with van der Waals surface area (Å²) in [7, 11) is 0. The largest absolute Gasteiger partial charge is 0.368 e. The molecule has 3 aromatic rings. The average Bonchev–Trinajstić information content (AvgIpc) is 2.80.